The molecular formula is C10H26Cl4N2O2. The molecule has 0 aliphatic carbocycles. The Balaban J connectivity index is -0.0000000980. The molecule has 0 fully saturated rings. The summed E-state index contributed by atoms with van der Waals surface area (Å²) in [7, 11) is 7.93. The van der Waals surface area contributed by atoms with E-state index in [0.29, 0.717) is 11.8 Å². The van der Waals surface area contributed by atoms with Gasteiger partial charge in [0.15, 0.2) is 0 Å². The minimum absolute atomic E-state index is 0. The molecule has 0 rings (SSSR count). The van der Waals surface area contributed by atoms with Gasteiger partial charge in [0.1, 0.15) is 25.3 Å². The Morgan fingerprint density at radius 1 is 0.778 bits per heavy atom. The molecule has 8 heteroatoms. The highest BCUT2D eigenvalue weighted by Gasteiger charge is 2.04. The highest BCUT2D eigenvalue weighted by atomic mass is 35.5. The van der Waals surface area contributed by atoms with Crippen LogP contribution in [-0.4, -0.2) is 75.5 Å². The number of aliphatic hydroxyl groups is 2. The summed E-state index contributed by atoms with van der Waals surface area (Å²) in [5.41, 5.74) is 0. The van der Waals surface area contributed by atoms with Crippen LogP contribution in [0.4, 0.5) is 0 Å². The van der Waals surface area contributed by atoms with Gasteiger partial charge in [0.25, 0.3) is 0 Å². The number of nitrogens with one attached hydrogen (secondary N) is 2. The number of rotatable bonds is 6. The third kappa shape index (κ3) is 25.8. The fourth-order valence-electron chi connectivity index (χ4n) is 1.05. The quantitative estimate of drug-likeness (QED) is 0.361. The summed E-state index contributed by atoms with van der Waals surface area (Å²) >= 11 is 10.7. The smallest absolute Gasteiger partial charge is 0.116 e. The molecule has 2 atom stereocenters. The lowest BCUT2D eigenvalue weighted by atomic mass is 10.4. The summed E-state index contributed by atoms with van der Waals surface area (Å²) in [6.07, 6.45) is -0.691. The Kier molecular flexibility index (Phi) is 27.4. The Labute approximate surface area is 133 Å². The van der Waals surface area contributed by atoms with Gasteiger partial charge in [0.05, 0.1) is 40.0 Å². The van der Waals surface area contributed by atoms with Crippen molar-refractivity contribution in [2.75, 3.05) is 53.0 Å². The number of halogens is 4. The normalized spacial score (nSPS) is 13.0. The first-order valence-electron chi connectivity index (χ1n) is 5.39. The van der Waals surface area contributed by atoms with E-state index in [4.69, 9.17) is 33.4 Å². The van der Waals surface area contributed by atoms with Gasteiger partial charge in [-0.05, 0) is 0 Å². The summed E-state index contributed by atoms with van der Waals surface area (Å²) in [6.45, 7) is 1.45. The van der Waals surface area contributed by atoms with Crippen molar-refractivity contribution >= 4 is 23.2 Å². The van der Waals surface area contributed by atoms with E-state index >= 15 is 0 Å². The predicted molar refractivity (Wildman–Crippen MR) is 68.8 cm³/mol. The lowest BCUT2D eigenvalue weighted by molar-refractivity contribution is -0.861. The fraction of sp³-hybridized carbons (Fsp3) is 1.00. The second-order valence-electron chi connectivity index (χ2n) is 4.44. The van der Waals surface area contributed by atoms with Crippen LogP contribution in [0.1, 0.15) is 0 Å². The summed E-state index contributed by atoms with van der Waals surface area (Å²) in [5.74, 6) is 0.677. The average molecular weight is 348 g/mol. The molecule has 0 saturated heterocycles. The van der Waals surface area contributed by atoms with Gasteiger partial charge in [-0.25, -0.2) is 0 Å². The van der Waals surface area contributed by atoms with Crippen LogP contribution in [0.3, 0.4) is 0 Å². The Morgan fingerprint density at radius 3 is 1.06 bits per heavy atom. The first kappa shape index (κ1) is 27.4. The molecule has 4 nitrogen and oxygen atoms in total. The molecular weight excluding hydrogens is 322 g/mol. The molecule has 2 unspecified atom stereocenters. The third-order valence-electron chi connectivity index (χ3n) is 1.64. The lowest BCUT2D eigenvalue weighted by Gasteiger charge is -2.09. The lowest BCUT2D eigenvalue weighted by Crippen LogP contribution is -3.07. The highest BCUT2D eigenvalue weighted by molar-refractivity contribution is 6.18. The Morgan fingerprint density at radius 2 is 1.00 bits per heavy atom. The van der Waals surface area contributed by atoms with Gasteiger partial charge in [-0.15, -0.1) is 23.2 Å². The van der Waals surface area contributed by atoms with E-state index in [1.54, 1.807) is 0 Å². The molecule has 0 bridgehead atoms. The Hall–Kier alpha value is 1.00. The van der Waals surface area contributed by atoms with Crippen molar-refractivity contribution in [1.82, 2.24) is 0 Å². The van der Waals surface area contributed by atoms with Gasteiger partial charge in [-0.2, -0.15) is 0 Å². The molecule has 0 aromatic heterocycles. The number of aliphatic hydroxyl groups excluding tert-OH is 2. The van der Waals surface area contributed by atoms with Crippen molar-refractivity contribution in [3.63, 3.8) is 0 Å². The van der Waals surface area contributed by atoms with Gasteiger partial charge in [-0.1, -0.05) is 0 Å². The first-order valence-corrected chi connectivity index (χ1v) is 6.46. The second-order valence-corrected chi connectivity index (χ2v) is 5.06. The number of likely N-dealkylation sites (N-methyl/N-ethyl adjacent to an activating group) is 2. The molecule has 0 spiro atoms. The zero-order valence-corrected chi connectivity index (χ0v) is 14.4. The van der Waals surface area contributed by atoms with Crippen molar-refractivity contribution < 1.29 is 44.8 Å². The summed E-state index contributed by atoms with van der Waals surface area (Å²) in [6, 6.07) is 0. The zero-order valence-electron chi connectivity index (χ0n) is 11.4. The first-order chi connectivity index (χ1) is 7.33. The van der Waals surface area contributed by atoms with Crippen LogP contribution in [0.25, 0.3) is 0 Å². The van der Waals surface area contributed by atoms with Gasteiger partial charge < -0.3 is 44.8 Å². The van der Waals surface area contributed by atoms with E-state index in [-0.39, 0.29) is 37.0 Å². The molecule has 0 aliphatic heterocycles. The number of hydrogen-bond donors (Lipinski definition) is 4. The maximum absolute atomic E-state index is 8.88. The van der Waals surface area contributed by atoms with Crippen LogP contribution in [-0.2, 0) is 0 Å². The van der Waals surface area contributed by atoms with E-state index < -0.39 is 0 Å². The van der Waals surface area contributed by atoms with Crippen LogP contribution < -0.4 is 34.6 Å². The molecule has 0 saturated carbocycles. The van der Waals surface area contributed by atoms with Crippen molar-refractivity contribution in [2.45, 2.75) is 12.2 Å². The molecule has 0 aliphatic rings. The summed E-state index contributed by atoms with van der Waals surface area (Å²) in [5, 5.41) is 17.8. The van der Waals surface area contributed by atoms with E-state index in [0.717, 1.165) is 13.1 Å². The monoisotopic (exact) mass is 346 g/mol. The molecule has 18 heavy (non-hydrogen) atoms. The maximum atomic E-state index is 8.88. The van der Waals surface area contributed by atoms with Crippen LogP contribution in [0.15, 0.2) is 0 Å². The van der Waals surface area contributed by atoms with E-state index in [1.165, 1.54) is 9.80 Å². The molecule has 0 heterocycles. The second kappa shape index (κ2) is 18.0. The van der Waals surface area contributed by atoms with E-state index in [1.807, 2.05) is 28.2 Å². The molecule has 116 valence electrons. The van der Waals surface area contributed by atoms with E-state index in [9.17, 15) is 0 Å². The van der Waals surface area contributed by atoms with Crippen molar-refractivity contribution in [3.05, 3.63) is 0 Å². The summed E-state index contributed by atoms with van der Waals surface area (Å²) in [4.78, 5) is 2.44. The average Bonchev–Trinajstić information content (AvgIpc) is 2.16. The van der Waals surface area contributed by atoms with E-state index in [2.05, 4.69) is 0 Å². The minimum atomic E-state index is -0.346. The predicted octanol–water partition coefficient (Wildman–Crippen LogP) is -8.53. The third-order valence-corrected chi connectivity index (χ3v) is 2.36. The molecule has 0 aromatic rings. The fourth-order valence-corrected chi connectivity index (χ4v) is 1.27. The van der Waals surface area contributed by atoms with Gasteiger partial charge >= 0.3 is 0 Å². The zero-order chi connectivity index (χ0) is 13.1. The number of hydrogen-bond acceptors (Lipinski definition) is 2. The van der Waals surface area contributed by atoms with Crippen molar-refractivity contribution in [1.29, 1.82) is 0 Å². The largest absolute Gasteiger partial charge is 1.00 e. The van der Waals surface area contributed by atoms with Crippen molar-refractivity contribution in [3.8, 4) is 0 Å². The van der Waals surface area contributed by atoms with Crippen LogP contribution >= 0.6 is 23.2 Å². The SMILES string of the molecule is C[NH+](C)CC(O)CCl.C[NH+](C)CC(O)CCl.[Cl-].[Cl-]. The molecule has 0 amide bonds. The van der Waals surface area contributed by atoms with Gasteiger partial charge in [0, 0.05) is 0 Å². The van der Waals surface area contributed by atoms with Crippen LogP contribution in [0.2, 0.25) is 0 Å². The molecule has 4 N–H and O–H groups in total. The minimum Gasteiger partial charge on any atom is -1.00 e. The number of alkyl halides is 2. The van der Waals surface area contributed by atoms with Gasteiger partial charge in [0.2, 0.25) is 0 Å². The van der Waals surface area contributed by atoms with Crippen molar-refractivity contribution in [2.24, 2.45) is 0 Å². The highest BCUT2D eigenvalue weighted by Crippen LogP contribution is 1.81. The van der Waals surface area contributed by atoms with Crippen LogP contribution in [0, 0.1) is 0 Å². The molecule has 0 radical (unpaired) electrons. The molecule has 0 aromatic carbocycles. The van der Waals surface area contributed by atoms with Crippen LogP contribution in [0.5, 0.6) is 0 Å². The summed E-state index contributed by atoms with van der Waals surface area (Å²) < 4.78 is 0. The topological polar surface area (TPSA) is 49.3 Å². The Bertz CT molecular complexity index is 138. The van der Waals surface area contributed by atoms with Gasteiger partial charge in [-0.3, -0.25) is 0 Å². The number of quaternary nitrogens is 2. The maximum Gasteiger partial charge on any atom is 0.116 e. The standard InChI is InChI=1S/2C5H12ClNO.2ClH/c2*1-7(2)4-5(8)3-6;;/h2*5,8H,3-4H2,1-2H3;2*1H.